The van der Waals surface area contributed by atoms with Gasteiger partial charge in [0.15, 0.2) is 5.82 Å². The van der Waals surface area contributed by atoms with Gasteiger partial charge < -0.3 is 5.11 Å². The van der Waals surface area contributed by atoms with E-state index in [1.54, 1.807) is 0 Å². The maximum Gasteiger partial charge on any atom is 1.00 e. The van der Waals surface area contributed by atoms with E-state index in [2.05, 4.69) is 15.1 Å². The Morgan fingerprint density at radius 3 is 2.26 bits per heavy atom. The monoisotopic (exact) mass is 324 g/mol. The van der Waals surface area contributed by atoms with E-state index < -0.39 is 21.4 Å². The van der Waals surface area contributed by atoms with Crippen LogP contribution in [-0.4, -0.2) is 29.4 Å². The number of fused-ring (bicyclic) bond motifs is 1. The van der Waals surface area contributed by atoms with Crippen LogP contribution in [0.5, 0.6) is 5.88 Å². The molecular weight excluding hydrogens is 319 g/mol. The molecule has 0 N–H and O–H groups in total. The van der Waals surface area contributed by atoms with E-state index in [0.717, 1.165) is 10.7 Å². The molecule has 0 bridgehead atoms. The number of nitro benzene ring substituents is 1. The Labute approximate surface area is 149 Å². The van der Waals surface area contributed by atoms with Crippen molar-refractivity contribution in [3.63, 3.8) is 0 Å². The number of non-ortho nitro benzene ring substituents is 1. The van der Waals surface area contributed by atoms with Crippen molar-refractivity contribution in [3.8, 4) is 17.3 Å². The summed E-state index contributed by atoms with van der Waals surface area (Å²) < 4.78 is 0.717. The Kier molecular flexibility index (Phi) is 4.54. The van der Waals surface area contributed by atoms with Crippen molar-refractivity contribution in [1.82, 2.24) is 19.6 Å². The van der Waals surface area contributed by atoms with Crippen LogP contribution in [0.15, 0.2) is 30.5 Å². The van der Waals surface area contributed by atoms with Crippen molar-refractivity contribution >= 4 is 17.2 Å². The van der Waals surface area contributed by atoms with Crippen LogP contribution in [0.3, 0.4) is 0 Å². The Hall–Kier alpha value is -2.63. The van der Waals surface area contributed by atoms with Crippen molar-refractivity contribution < 1.29 is 44.5 Å². The maximum atomic E-state index is 11.8. The molecule has 0 amide bonds. The number of hydrogen-bond donors (Lipinski definition) is 0. The molecule has 0 saturated carbocycles. The van der Waals surface area contributed by atoms with Crippen LogP contribution in [0.4, 0.5) is 11.4 Å². The molecule has 12 heteroatoms. The number of rotatable bonds is 3. The first-order valence-corrected chi connectivity index (χ1v) is 5.79. The van der Waals surface area contributed by atoms with Crippen LogP contribution in [0.2, 0.25) is 0 Å². The molecule has 0 aliphatic heterocycles. The van der Waals surface area contributed by atoms with Crippen molar-refractivity contribution in [2.45, 2.75) is 0 Å². The molecule has 0 saturated heterocycles. The second kappa shape index (κ2) is 6.24. The molecule has 0 radical (unpaired) electrons. The van der Waals surface area contributed by atoms with Crippen LogP contribution in [0.1, 0.15) is 0 Å². The predicted molar refractivity (Wildman–Crippen MR) is 69.0 cm³/mol. The zero-order chi connectivity index (χ0) is 15.9. The van der Waals surface area contributed by atoms with Gasteiger partial charge in [-0.25, -0.2) is 9.50 Å². The van der Waals surface area contributed by atoms with Gasteiger partial charge in [-0.3, -0.25) is 20.2 Å². The number of hydrogen-bond acceptors (Lipinski definition) is 8. The van der Waals surface area contributed by atoms with Crippen molar-refractivity contribution in [2.24, 2.45) is 0 Å². The third kappa shape index (κ3) is 2.97. The summed E-state index contributed by atoms with van der Waals surface area (Å²) in [6.45, 7) is 0. The van der Waals surface area contributed by atoms with E-state index in [0.29, 0.717) is 5.56 Å². The minimum atomic E-state index is -0.948. The van der Waals surface area contributed by atoms with Gasteiger partial charge in [-0.2, -0.15) is 4.98 Å². The summed E-state index contributed by atoms with van der Waals surface area (Å²) in [7, 11) is 0. The summed E-state index contributed by atoms with van der Waals surface area (Å²) >= 11 is 0. The van der Waals surface area contributed by atoms with E-state index in [4.69, 9.17) is 0 Å². The summed E-state index contributed by atoms with van der Waals surface area (Å²) in [5.74, 6) is -0.959. The molecule has 3 rings (SSSR count). The minimum absolute atomic E-state index is 0. The molecule has 0 aliphatic carbocycles. The van der Waals surface area contributed by atoms with Gasteiger partial charge in [0, 0.05) is 17.7 Å². The van der Waals surface area contributed by atoms with E-state index in [-0.39, 0.29) is 46.8 Å². The number of benzene rings is 1. The largest absolute Gasteiger partial charge is 1.00 e. The van der Waals surface area contributed by atoms with Crippen LogP contribution in [-0.2, 0) is 0 Å². The Bertz CT molecular complexity index is 909. The zero-order valence-corrected chi connectivity index (χ0v) is 13.6. The van der Waals surface area contributed by atoms with Gasteiger partial charge in [0.05, 0.1) is 15.7 Å². The fourth-order valence-electron chi connectivity index (χ4n) is 1.79. The smallest absolute Gasteiger partial charge is 0.854 e. The Morgan fingerprint density at radius 1 is 1.04 bits per heavy atom. The van der Waals surface area contributed by atoms with Crippen LogP contribution >= 0.6 is 0 Å². The summed E-state index contributed by atoms with van der Waals surface area (Å²) in [6, 6.07) is 5.33. The Morgan fingerprint density at radius 2 is 1.70 bits per heavy atom. The van der Waals surface area contributed by atoms with Gasteiger partial charge in [-0.05, 0) is 12.1 Å². The number of nitro groups is 2. The van der Waals surface area contributed by atoms with Crippen LogP contribution in [0.25, 0.3) is 17.2 Å². The van der Waals surface area contributed by atoms with Gasteiger partial charge in [0.1, 0.15) is 6.20 Å². The third-order valence-electron chi connectivity index (χ3n) is 2.84. The van der Waals surface area contributed by atoms with Crippen molar-refractivity contribution in [2.75, 3.05) is 0 Å². The average Bonchev–Trinajstić information content (AvgIpc) is 2.92. The molecule has 110 valence electrons. The van der Waals surface area contributed by atoms with E-state index in [9.17, 15) is 25.3 Å². The van der Waals surface area contributed by atoms with Crippen LogP contribution in [0, 0.1) is 20.2 Å². The Balaban J connectivity index is 0.00000192. The normalized spacial score (nSPS) is 10.3. The van der Waals surface area contributed by atoms with Gasteiger partial charge in [0.25, 0.3) is 17.2 Å². The fourth-order valence-corrected chi connectivity index (χ4v) is 1.79. The molecule has 0 aliphatic rings. The molecule has 23 heavy (non-hydrogen) atoms. The van der Waals surface area contributed by atoms with Gasteiger partial charge >= 0.3 is 29.6 Å². The molecule has 0 fully saturated rings. The zero-order valence-electron chi connectivity index (χ0n) is 11.6. The number of aromatic nitrogens is 4. The molecule has 0 atom stereocenters. The standard InChI is InChI=1S/C11H6N6O5.Na/c18-10-8(17(21)22)5-12-11-13-9(14-15(10)11)6-1-3-7(4-2-6)16(19)20;/h1-5,18H;/q;+1/p-1. The molecule has 11 nitrogen and oxygen atoms in total. The molecule has 2 aromatic heterocycles. The third-order valence-corrected chi connectivity index (χ3v) is 2.84. The van der Waals surface area contributed by atoms with Gasteiger partial charge in [-0.1, -0.05) is 0 Å². The van der Waals surface area contributed by atoms with E-state index in [1.807, 2.05) is 0 Å². The molecule has 2 heterocycles. The SMILES string of the molecule is O=[N+]([O-])c1ccc(-c2nc3ncc([N+](=O)[O-])c([O-])n3n2)cc1.[Na+]. The fraction of sp³-hybridized carbons (Fsp3) is 0. The minimum Gasteiger partial charge on any atom is -0.854 e. The van der Waals surface area contributed by atoms with Gasteiger partial charge in [0.2, 0.25) is 0 Å². The summed E-state index contributed by atoms with van der Waals surface area (Å²) in [5.41, 5.74) is -0.406. The first-order valence-electron chi connectivity index (χ1n) is 5.79. The number of nitrogens with zero attached hydrogens (tertiary/aromatic N) is 6. The average molecular weight is 324 g/mol. The molecule has 0 unspecified atom stereocenters. The summed E-state index contributed by atoms with van der Waals surface area (Å²) in [6.07, 6.45) is 0.811. The predicted octanol–water partition coefficient (Wildman–Crippen LogP) is -2.31. The first kappa shape index (κ1) is 16.7. The maximum absolute atomic E-state index is 11.8. The first-order chi connectivity index (χ1) is 10.5. The van der Waals surface area contributed by atoms with E-state index >= 15 is 0 Å². The summed E-state index contributed by atoms with van der Waals surface area (Å²) in [4.78, 5) is 27.5. The van der Waals surface area contributed by atoms with Crippen molar-refractivity contribution in [1.29, 1.82) is 0 Å². The quantitative estimate of drug-likeness (QED) is 0.296. The molecular formula is C11H5N6NaO5. The van der Waals surface area contributed by atoms with Crippen LogP contribution < -0.4 is 34.7 Å². The topological polar surface area (TPSA) is 152 Å². The summed E-state index contributed by atoms with van der Waals surface area (Å²) in [5, 5.41) is 37.0. The second-order valence-corrected chi connectivity index (χ2v) is 4.16. The van der Waals surface area contributed by atoms with Gasteiger partial charge in [-0.15, -0.1) is 5.10 Å². The second-order valence-electron chi connectivity index (χ2n) is 4.16. The molecule has 1 aromatic carbocycles. The van der Waals surface area contributed by atoms with E-state index in [1.165, 1.54) is 24.3 Å². The molecule has 3 aromatic rings. The molecule has 0 spiro atoms. The van der Waals surface area contributed by atoms with Crippen molar-refractivity contribution in [3.05, 3.63) is 50.7 Å².